The minimum absolute atomic E-state index is 0.289. The number of carboxylic acid groups (broad SMARTS) is 1. The zero-order chi connectivity index (χ0) is 32.2. The summed E-state index contributed by atoms with van der Waals surface area (Å²) in [6, 6.07) is 18.7. The molecule has 0 spiro atoms. The number of thioether (sulfide) groups is 2. The minimum Gasteiger partial charge on any atom is -0.493 e. The fourth-order valence-electron chi connectivity index (χ4n) is 7.18. The van der Waals surface area contributed by atoms with E-state index in [1.54, 1.807) is 23.5 Å². The molecule has 0 fully saturated rings. The van der Waals surface area contributed by atoms with E-state index in [1.807, 2.05) is 47.6 Å². The van der Waals surface area contributed by atoms with Crippen LogP contribution in [0, 0.1) is 0 Å². The quantitative estimate of drug-likeness (QED) is 0.187. The van der Waals surface area contributed by atoms with Gasteiger partial charge in [-0.25, -0.2) is 9.78 Å². The number of imidazole rings is 1. The molecule has 8 nitrogen and oxygen atoms in total. The van der Waals surface area contributed by atoms with Gasteiger partial charge < -0.3 is 19.0 Å². The molecule has 2 aliphatic heterocycles. The van der Waals surface area contributed by atoms with E-state index in [2.05, 4.69) is 34.9 Å². The van der Waals surface area contributed by atoms with Crippen molar-refractivity contribution in [2.45, 2.75) is 54.4 Å². The highest BCUT2D eigenvalue weighted by atomic mass is 35.5. The van der Waals surface area contributed by atoms with Gasteiger partial charge in [0, 0.05) is 71.2 Å². The molecule has 0 unspecified atom stereocenters. The average Bonchev–Trinajstić information content (AvgIpc) is 3.80. The van der Waals surface area contributed by atoms with Gasteiger partial charge in [0.15, 0.2) is 0 Å². The fourth-order valence-corrected chi connectivity index (χ4v) is 9.26. The van der Waals surface area contributed by atoms with Crippen LogP contribution in [0.1, 0.15) is 51.8 Å². The summed E-state index contributed by atoms with van der Waals surface area (Å²) in [5.74, 6) is 3.20. The molecule has 0 saturated carbocycles. The Hall–Kier alpha value is -3.86. The highest BCUT2D eigenvalue weighted by molar-refractivity contribution is 7.98. The molecule has 0 radical (unpaired) electrons. The van der Waals surface area contributed by atoms with E-state index >= 15 is 0 Å². The van der Waals surface area contributed by atoms with Crippen LogP contribution in [0.15, 0.2) is 59.5 Å². The molecule has 0 saturated heterocycles. The fraction of sp³-hybridized carbons (Fsp3) is 0.306. The second kappa shape index (κ2) is 12.3. The zero-order valence-corrected chi connectivity index (χ0v) is 28.6. The predicted octanol–water partition coefficient (Wildman–Crippen LogP) is 8.28. The van der Waals surface area contributed by atoms with Gasteiger partial charge in [0.1, 0.15) is 17.3 Å². The zero-order valence-electron chi connectivity index (χ0n) is 26.3. The van der Waals surface area contributed by atoms with E-state index in [9.17, 15) is 9.90 Å². The highest BCUT2D eigenvalue weighted by Gasteiger charge is 2.29. The summed E-state index contributed by atoms with van der Waals surface area (Å²) >= 11 is 10.6. The standard InChI is InChI=1S/C36H34ClN5O3S2/c1-40-33-27-11-12-28(37)32(33)35-29(38-31-10-5-13-42(31)35)20-46-18-22-16-23(41(2)39-22)19-47-24-15-21-7-3-4-8-25(21)30(17-24)45-14-6-9-26(27)34(40)36(43)44/h3-4,7-8,11-12,15-17H,5-6,9-10,13-14,18-20H2,1-2H3,(H,43,44). The van der Waals surface area contributed by atoms with Crippen molar-refractivity contribution in [3.63, 3.8) is 0 Å². The van der Waals surface area contributed by atoms with Gasteiger partial charge in [-0.3, -0.25) is 4.68 Å². The number of aryl methyl sites for hydroxylation is 4. The Kier molecular flexibility index (Phi) is 7.98. The molecule has 8 bridgehead atoms. The van der Waals surface area contributed by atoms with Crippen molar-refractivity contribution in [3.8, 4) is 17.0 Å². The van der Waals surface area contributed by atoms with E-state index < -0.39 is 5.97 Å². The minimum atomic E-state index is -0.948. The second-order valence-electron chi connectivity index (χ2n) is 12.2. The maximum atomic E-state index is 12.8. The lowest BCUT2D eigenvalue weighted by Gasteiger charge is -2.14. The van der Waals surface area contributed by atoms with Gasteiger partial charge in [0.25, 0.3) is 0 Å². The van der Waals surface area contributed by atoms with Gasteiger partial charge in [0.05, 0.1) is 34.2 Å². The number of fused-ring (bicyclic) bond motifs is 10. The van der Waals surface area contributed by atoms with E-state index in [4.69, 9.17) is 26.4 Å². The third-order valence-electron chi connectivity index (χ3n) is 9.28. The van der Waals surface area contributed by atoms with Crippen LogP contribution in [0.3, 0.4) is 0 Å². The first-order chi connectivity index (χ1) is 22.9. The van der Waals surface area contributed by atoms with Crippen molar-refractivity contribution in [2.24, 2.45) is 14.1 Å². The molecular weight excluding hydrogens is 650 g/mol. The molecule has 0 amide bonds. The normalized spacial score (nSPS) is 15.4. The summed E-state index contributed by atoms with van der Waals surface area (Å²) in [7, 11) is 3.85. The SMILES string of the molecule is Cn1nc2cc1CSc1cc(c3ccccc3c1)OCCCc1c(C(=O)O)n(C)c3c(c(Cl)ccc13)-c1c(nc3n1CCC3)CSC2. The maximum absolute atomic E-state index is 12.8. The van der Waals surface area contributed by atoms with Crippen LogP contribution in [0.2, 0.25) is 5.02 Å². The Balaban J connectivity index is 1.26. The molecule has 6 aromatic rings. The molecule has 3 aromatic heterocycles. The van der Waals surface area contributed by atoms with Crippen molar-refractivity contribution in [2.75, 3.05) is 6.61 Å². The molecule has 11 heteroatoms. The number of benzene rings is 3. The number of carbonyl (C=O) groups is 1. The molecule has 3 aromatic carbocycles. The average molecular weight is 684 g/mol. The molecule has 1 N–H and O–H groups in total. The van der Waals surface area contributed by atoms with Crippen molar-refractivity contribution in [1.29, 1.82) is 0 Å². The molecule has 0 atom stereocenters. The summed E-state index contributed by atoms with van der Waals surface area (Å²) < 4.78 is 12.5. The Morgan fingerprint density at radius 3 is 2.74 bits per heavy atom. The topological polar surface area (TPSA) is 87.1 Å². The third kappa shape index (κ3) is 5.40. The van der Waals surface area contributed by atoms with Crippen molar-refractivity contribution in [1.82, 2.24) is 23.9 Å². The van der Waals surface area contributed by atoms with Crippen LogP contribution in [0.25, 0.3) is 32.9 Å². The first-order valence-corrected chi connectivity index (χ1v) is 18.4. The predicted molar refractivity (Wildman–Crippen MR) is 190 cm³/mol. The monoisotopic (exact) mass is 683 g/mol. The Morgan fingerprint density at radius 2 is 1.87 bits per heavy atom. The maximum Gasteiger partial charge on any atom is 0.352 e. The van der Waals surface area contributed by atoms with Crippen LogP contribution in [0.4, 0.5) is 0 Å². The summed E-state index contributed by atoms with van der Waals surface area (Å²) in [6.07, 6.45) is 3.16. The van der Waals surface area contributed by atoms with Gasteiger partial charge in [0.2, 0.25) is 0 Å². The number of aromatic carboxylic acids is 1. The van der Waals surface area contributed by atoms with Crippen LogP contribution < -0.4 is 4.74 Å². The second-order valence-corrected chi connectivity index (χ2v) is 14.7. The molecule has 0 aliphatic carbocycles. The number of nitrogens with zero attached hydrogens (tertiary/aromatic N) is 5. The number of hydrogen-bond donors (Lipinski definition) is 1. The molecule has 2 aliphatic rings. The van der Waals surface area contributed by atoms with Crippen molar-refractivity contribution >= 4 is 62.8 Å². The van der Waals surface area contributed by atoms with Crippen LogP contribution >= 0.6 is 35.1 Å². The first kappa shape index (κ1) is 30.5. The molecule has 47 heavy (non-hydrogen) atoms. The van der Waals surface area contributed by atoms with E-state index in [0.717, 1.165) is 97.2 Å². The van der Waals surface area contributed by atoms with Crippen molar-refractivity contribution < 1.29 is 14.6 Å². The number of ether oxygens (including phenoxy) is 1. The van der Waals surface area contributed by atoms with Crippen LogP contribution in [-0.2, 0) is 50.7 Å². The lowest BCUT2D eigenvalue weighted by atomic mass is 10.0. The lowest BCUT2D eigenvalue weighted by Crippen LogP contribution is -2.09. The van der Waals surface area contributed by atoms with Gasteiger partial charge in [-0.1, -0.05) is 41.9 Å². The number of halogens is 1. The molecular formula is C36H34ClN5O3S2. The number of hydrogen-bond acceptors (Lipinski definition) is 6. The molecule has 8 rings (SSSR count). The van der Waals surface area contributed by atoms with Crippen LogP contribution in [-0.4, -0.2) is 41.6 Å². The lowest BCUT2D eigenvalue weighted by molar-refractivity contribution is 0.0685. The van der Waals surface area contributed by atoms with E-state index in [-0.39, 0.29) is 5.69 Å². The Labute approximate surface area is 286 Å². The summed E-state index contributed by atoms with van der Waals surface area (Å²) in [5.41, 5.74) is 6.98. The Bertz CT molecular complexity index is 2200. The van der Waals surface area contributed by atoms with Crippen molar-refractivity contribution in [3.05, 3.63) is 93.8 Å². The molecule has 240 valence electrons. The van der Waals surface area contributed by atoms with Gasteiger partial charge in [-0.15, -0.1) is 23.5 Å². The van der Waals surface area contributed by atoms with E-state index in [0.29, 0.717) is 30.2 Å². The molecule has 5 heterocycles. The van der Waals surface area contributed by atoms with Gasteiger partial charge in [-0.05, 0) is 54.5 Å². The van der Waals surface area contributed by atoms with E-state index in [1.165, 1.54) is 5.69 Å². The van der Waals surface area contributed by atoms with Gasteiger partial charge in [-0.2, -0.15) is 5.10 Å². The summed E-state index contributed by atoms with van der Waals surface area (Å²) in [6.45, 7) is 1.32. The Morgan fingerprint density at radius 1 is 1.00 bits per heavy atom. The van der Waals surface area contributed by atoms with Crippen LogP contribution in [0.5, 0.6) is 5.75 Å². The van der Waals surface area contributed by atoms with Gasteiger partial charge >= 0.3 is 5.97 Å². The summed E-state index contributed by atoms with van der Waals surface area (Å²) in [5, 5.41) is 19.0. The highest BCUT2D eigenvalue weighted by Crippen LogP contribution is 2.43. The number of rotatable bonds is 1. The smallest absolute Gasteiger partial charge is 0.352 e. The number of aromatic nitrogens is 5. The first-order valence-electron chi connectivity index (χ1n) is 15.9. The third-order valence-corrected chi connectivity index (χ3v) is 11.6. The summed E-state index contributed by atoms with van der Waals surface area (Å²) in [4.78, 5) is 19.0. The largest absolute Gasteiger partial charge is 0.493 e. The number of carboxylic acids is 1.